The predicted octanol–water partition coefficient (Wildman–Crippen LogP) is 5.12. The molecule has 202 valence electrons. The fourth-order valence-corrected chi connectivity index (χ4v) is 11.4. The van der Waals surface area contributed by atoms with Crippen molar-refractivity contribution in [2.45, 2.75) is 25.4 Å². The van der Waals surface area contributed by atoms with Crippen LogP contribution in [0.4, 0.5) is 4.79 Å². The van der Waals surface area contributed by atoms with E-state index < -0.39 is 13.8 Å². The second-order valence-electron chi connectivity index (χ2n) is 10.7. The Morgan fingerprint density at radius 2 is 0.902 bits per heavy atom. The van der Waals surface area contributed by atoms with E-state index >= 15 is 0 Å². The van der Waals surface area contributed by atoms with Crippen molar-refractivity contribution in [2.24, 2.45) is 0 Å². The molecule has 5 aromatic carbocycles. The van der Waals surface area contributed by atoms with Crippen LogP contribution >= 0.6 is 0 Å². The van der Waals surface area contributed by atoms with Gasteiger partial charge < -0.3 is 4.57 Å². The van der Waals surface area contributed by atoms with Crippen LogP contribution in [0, 0.1) is 0 Å². The lowest BCUT2D eigenvalue weighted by atomic mass is 9.92. The molecule has 1 heterocycles. The first kappa shape index (κ1) is 26.5. The Bertz CT molecular complexity index is 1530. The van der Waals surface area contributed by atoms with Crippen molar-refractivity contribution >= 4 is 35.7 Å². The Morgan fingerprint density at radius 1 is 0.537 bits per heavy atom. The maximum absolute atomic E-state index is 15.0. The molecular weight excluding hydrogens is 520 g/mol. The monoisotopic (exact) mass is 552 g/mol. The van der Waals surface area contributed by atoms with Crippen LogP contribution in [0.2, 0.25) is 0 Å². The van der Waals surface area contributed by atoms with E-state index in [1.807, 2.05) is 127 Å². The third kappa shape index (κ3) is 4.58. The summed E-state index contributed by atoms with van der Waals surface area (Å²) in [6.07, 6.45) is 0.408. The smallest absolute Gasteiger partial charge is 0.320 e. The van der Waals surface area contributed by atoms with Gasteiger partial charge in [0.05, 0.1) is 6.54 Å². The molecule has 1 atom stereocenters. The van der Waals surface area contributed by atoms with Gasteiger partial charge in [-0.25, -0.2) is 4.79 Å². The Kier molecular flexibility index (Phi) is 7.12. The number of imide groups is 1. The lowest BCUT2D eigenvalue weighted by Gasteiger charge is -2.47. The van der Waals surface area contributed by atoms with E-state index in [0.29, 0.717) is 6.42 Å². The van der Waals surface area contributed by atoms with Gasteiger partial charge in [0.15, 0.2) is 0 Å². The largest absolute Gasteiger partial charge is 0.324 e. The summed E-state index contributed by atoms with van der Waals surface area (Å²) in [5, 5.41) is 3.16. The fourth-order valence-electron chi connectivity index (χ4n) is 6.30. The van der Waals surface area contributed by atoms with Gasteiger partial charge in [0, 0.05) is 6.42 Å². The van der Waals surface area contributed by atoms with Crippen molar-refractivity contribution < 1.29 is 9.59 Å². The Morgan fingerprint density at radius 3 is 1.32 bits per heavy atom. The number of nitrogens with zero attached hydrogens (tertiary/aromatic N) is 2. The molecule has 5 heteroatoms. The first-order valence-corrected chi connectivity index (χ1v) is 15.9. The van der Waals surface area contributed by atoms with Crippen LogP contribution in [-0.4, -0.2) is 35.2 Å². The maximum atomic E-state index is 15.0. The molecule has 0 aliphatic carbocycles. The minimum Gasteiger partial charge on any atom is -0.324 e. The molecular formula is C36H32N2O2Si. The van der Waals surface area contributed by atoms with Crippen LogP contribution in [0.1, 0.15) is 18.1 Å². The zero-order valence-corrected chi connectivity index (χ0v) is 24.1. The van der Waals surface area contributed by atoms with E-state index in [9.17, 15) is 9.59 Å². The van der Waals surface area contributed by atoms with E-state index in [2.05, 4.69) is 36.4 Å². The van der Waals surface area contributed by atoms with Crippen molar-refractivity contribution in [3.05, 3.63) is 163 Å². The molecule has 6 rings (SSSR count). The highest BCUT2D eigenvalue weighted by Gasteiger charge is 2.63. The Labute approximate surface area is 242 Å². The molecule has 0 bridgehead atoms. The quantitative estimate of drug-likeness (QED) is 0.152. The predicted molar refractivity (Wildman–Crippen MR) is 167 cm³/mol. The second-order valence-corrected chi connectivity index (χ2v) is 14.3. The van der Waals surface area contributed by atoms with Gasteiger partial charge in [-0.3, -0.25) is 9.69 Å². The van der Waals surface area contributed by atoms with Crippen LogP contribution in [0.5, 0.6) is 0 Å². The van der Waals surface area contributed by atoms with Gasteiger partial charge in [0.25, 0.3) is 14.1 Å². The average Bonchev–Trinajstić information content (AvgIpc) is 3.21. The van der Waals surface area contributed by atoms with E-state index in [-0.39, 0.29) is 18.5 Å². The van der Waals surface area contributed by atoms with Crippen molar-refractivity contribution in [3.8, 4) is 0 Å². The average molecular weight is 553 g/mol. The Hall–Kier alpha value is -4.74. The highest BCUT2D eigenvalue weighted by Crippen LogP contribution is 2.37. The van der Waals surface area contributed by atoms with E-state index in [1.165, 1.54) is 4.90 Å². The molecule has 0 spiro atoms. The molecule has 4 nitrogen and oxygen atoms in total. The molecule has 1 fully saturated rings. The summed E-state index contributed by atoms with van der Waals surface area (Å²) in [6, 6.07) is 50.4. The number of benzene rings is 5. The van der Waals surface area contributed by atoms with Crippen LogP contribution in [-0.2, 0) is 17.8 Å². The molecule has 0 aromatic heterocycles. The summed E-state index contributed by atoms with van der Waals surface area (Å²) in [5.74, 6) is -0.171. The van der Waals surface area contributed by atoms with Crippen molar-refractivity contribution in [1.82, 2.24) is 9.47 Å². The van der Waals surface area contributed by atoms with E-state index in [4.69, 9.17) is 0 Å². The van der Waals surface area contributed by atoms with Gasteiger partial charge in [-0.05, 0) is 33.6 Å². The first-order valence-electron chi connectivity index (χ1n) is 14.0. The number of rotatable bonds is 8. The molecule has 3 amide bonds. The number of carbonyl (C=O) groups is 2. The minimum absolute atomic E-state index is 0.171. The third-order valence-electron chi connectivity index (χ3n) is 8.11. The summed E-state index contributed by atoms with van der Waals surface area (Å²) >= 11 is 0. The summed E-state index contributed by atoms with van der Waals surface area (Å²) < 4.78 is 2.00. The molecule has 0 N–H and O–H groups in total. The van der Waals surface area contributed by atoms with Crippen molar-refractivity contribution in [1.29, 1.82) is 0 Å². The minimum atomic E-state index is -3.32. The number of urea groups is 1. The third-order valence-corrected chi connectivity index (χ3v) is 13.0. The summed E-state index contributed by atoms with van der Waals surface area (Å²) in [7, 11) is -3.32. The lowest BCUT2D eigenvalue weighted by Crippen LogP contribution is -2.81. The van der Waals surface area contributed by atoms with Gasteiger partial charge in [-0.15, -0.1) is 0 Å². The summed E-state index contributed by atoms with van der Waals surface area (Å²) in [4.78, 5) is 31.1. The molecule has 5 aromatic rings. The fraction of sp³-hybridized carbons (Fsp3) is 0.111. The lowest BCUT2D eigenvalue weighted by molar-refractivity contribution is -0.132. The van der Waals surface area contributed by atoms with Gasteiger partial charge in [-0.2, -0.15) is 0 Å². The second kappa shape index (κ2) is 11.0. The van der Waals surface area contributed by atoms with E-state index in [0.717, 1.165) is 26.7 Å². The van der Waals surface area contributed by atoms with Crippen LogP contribution in [0.15, 0.2) is 152 Å². The number of hydrogen-bond acceptors (Lipinski definition) is 2. The van der Waals surface area contributed by atoms with E-state index in [1.54, 1.807) is 0 Å². The van der Waals surface area contributed by atoms with Gasteiger partial charge in [0.1, 0.15) is 5.54 Å². The number of hydrogen-bond donors (Lipinski definition) is 0. The molecule has 1 unspecified atom stereocenters. The first-order chi connectivity index (χ1) is 20.0. The molecule has 0 radical (unpaired) electrons. The molecule has 1 aliphatic rings. The van der Waals surface area contributed by atoms with Gasteiger partial charge >= 0.3 is 6.03 Å². The highest BCUT2D eigenvalue weighted by atomic mass is 28.3. The van der Waals surface area contributed by atoms with Crippen molar-refractivity contribution in [2.75, 3.05) is 0 Å². The summed E-state index contributed by atoms with van der Waals surface area (Å²) in [6.45, 7) is 2.18. The van der Waals surface area contributed by atoms with Gasteiger partial charge in [-0.1, -0.05) is 152 Å². The molecule has 41 heavy (non-hydrogen) atoms. The zero-order chi connectivity index (χ0) is 28.3. The number of carbonyl (C=O) groups excluding carboxylic acids is 2. The normalized spacial score (nSPS) is 17.2. The standard InChI is InChI=1S/C36H32N2O2Si/c1-36(27-29-17-7-2-8-18-29)34(39)37(28-30-19-9-3-10-20-30)35(40)38(36)41(31-21-11-4-12-22-31,32-23-13-5-14-24-32)33-25-15-6-16-26-33/h2-26H,27-28H2,1H3. The summed E-state index contributed by atoms with van der Waals surface area (Å²) in [5.41, 5.74) is 0.810. The molecule has 0 saturated carbocycles. The number of amides is 3. The SMILES string of the molecule is CC1(Cc2ccccc2)C(=O)N(Cc2ccccc2)C(=O)N1[Si](c1ccccc1)(c1ccccc1)c1ccccc1. The maximum Gasteiger partial charge on any atom is 0.320 e. The molecule has 1 saturated heterocycles. The topological polar surface area (TPSA) is 40.6 Å². The zero-order valence-electron chi connectivity index (χ0n) is 23.1. The Balaban J connectivity index is 1.65. The van der Waals surface area contributed by atoms with Crippen molar-refractivity contribution in [3.63, 3.8) is 0 Å². The van der Waals surface area contributed by atoms with Gasteiger partial charge in [0.2, 0.25) is 0 Å². The van der Waals surface area contributed by atoms with Crippen LogP contribution in [0.3, 0.4) is 0 Å². The highest BCUT2D eigenvalue weighted by molar-refractivity contribution is 7.10. The van der Waals surface area contributed by atoms with Crippen LogP contribution in [0.25, 0.3) is 0 Å². The van der Waals surface area contributed by atoms with Crippen LogP contribution < -0.4 is 15.6 Å². The molecule has 1 aliphatic heterocycles.